The molecule has 1 aromatic rings. The van der Waals surface area contributed by atoms with Crippen LogP contribution in [0.3, 0.4) is 0 Å². The lowest BCUT2D eigenvalue weighted by Gasteiger charge is -2.41. The molecule has 2 heterocycles. The third kappa shape index (κ3) is 3.39. The van der Waals surface area contributed by atoms with Crippen molar-refractivity contribution in [3.05, 3.63) is 35.4 Å². The maximum Gasteiger partial charge on any atom is 0.228 e. The number of hydrogen-bond donors (Lipinski definition) is 0. The molecule has 3 rings (SSSR count). The van der Waals surface area contributed by atoms with Gasteiger partial charge in [0.1, 0.15) is 0 Å². The maximum absolute atomic E-state index is 13.0. The third-order valence-corrected chi connectivity index (χ3v) is 5.86. The number of likely N-dealkylation sites (tertiary alicyclic amines) is 1. The second-order valence-corrected chi connectivity index (χ2v) is 7.67. The quantitative estimate of drug-likeness (QED) is 0.835. The Morgan fingerprint density at radius 1 is 1.17 bits per heavy atom. The molecule has 4 nitrogen and oxygen atoms in total. The maximum atomic E-state index is 13.0. The Morgan fingerprint density at radius 2 is 1.83 bits per heavy atom. The van der Waals surface area contributed by atoms with Gasteiger partial charge in [0.15, 0.2) is 0 Å². The lowest BCUT2D eigenvalue weighted by molar-refractivity contribution is -0.146. The van der Waals surface area contributed by atoms with Crippen molar-refractivity contribution in [3.8, 4) is 0 Å². The second-order valence-electron chi connectivity index (χ2n) is 6.44. The summed E-state index contributed by atoms with van der Waals surface area (Å²) in [6.45, 7) is 3.71. The molecule has 2 aliphatic rings. The van der Waals surface area contributed by atoms with E-state index in [-0.39, 0.29) is 23.8 Å². The summed E-state index contributed by atoms with van der Waals surface area (Å²) in [6.07, 6.45) is 1.13. The van der Waals surface area contributed by atoms with Crippen LogP contribution < -0.4 is 0 Å². The summed E-state index contributed by atoms with van der Waals surface area (Å²) in [5.41, 5.74) is 2.25. The van der Waals surface area contributed by atoms with Crippen LogP contribution in [0.25, 0.3) is 0 Å². The summed E-state index contributed by atoms with van der Waals surface area (Å²) in [5.74, 6) is 2.26. The number of nitrogens with zero attached hydrogens (tertiary/aromatic N) is 2. The first-order chi connectivity index (χ1) is 11.1. The summed E-state index contributed by atoms with van der Waals surface area (Å²) < 4.78 is 0. The van der Waals surface area contributed by atoms with Gasteiger partial charge in [-0.05, 0) is 18.9 Å². The Morgan fingerprint density at radius 3 is 2.48 bits per heavy atom. The molecule has 0 bridgehead atoms. The van der Waals surface area contributed by atoms with Gasteiger partial charge in [0.2, 0.25) is 11.8 Å². The molecule has 23 heavy (non-hydrogen) atoms. The smallest absolute Gasteiger partial charge is 0.228 e. The highest BCUT2D eigenvalue weighted by Crippen LogP contribution is 2.37. The van der Waals surface area contributed by atoms with Gasteiger partial charge in [-0.3, -0.25) is 9.59 Å². The highest BCUT2D eigenvalue weighted by atomic mass is 32.2. The average molecular weight is 332 g/mol. The topological polar surface area (TPSA) is 40.6 Å². The molecule has 0 unspecified atom stereocenters. The molecular formula is C18H24N2O2S. The Labute approximate surface area is 142 Å². The number of benzene rings is 1. The molecular weight excluding hydrogens is 308 g/mol. The molecule has 0 radical (unpaired) electrons. The van der Waals surface area contributed by atoms with Crippen molar-refractivity contribution >= 4 is 23.6 Å². The zero-order chi connectivity index (χ0) is 16.4. The molecule has 1 aromatic carbocycles. The van der Waals surface area contributed by atoms with Crippen LogP contribution in [0.1, 0.15) is 30.0 Å². The average Bonchev–Trinajstić information content (AvgIpc) is 2.58. The number of carbonyl (C=O) groups excluding carboxylic acids is 2. The second kappa shape index (κ2) is 6.95. The van der Waals surface area contributed by atoms with Crippen LogP contribution in [-0.2, 0) is 9.59 Å². The number of hydrogen-bond acceptors (Lipinski definition) is 3. The molecule has 2 saturated heterocycles. The number of rotatable bonds is 2. The van der Waals surface area contributed by atoms with Crippen molar-refractivity contribution in [1.29, 1.82) is 0 Å². The molecule has 0 aliphatic carbocycles. The number of carbonyl (C=O) groups is 2. The summed E-state index contributed by atoms with van der Waals surface area (Å²) in [4.78, 5) is 29.0. The van der Waals surface area contributed by atoms with E-state index in [0.29, 0.717) is 12.8 Å². The van der Waals surface area contributed by atoms with Crippen LogP contribution >= 0.6 is 11.8 Å². The van der Waals surface area contributed by atoms with Crippen LogP contribution in [0.15, 0.2) is 24.3 Å². The first-order valence-corrected chi connectivity index (χ1v) is 9.42. The van der Waals surface area contributed by atoms with Gasteiger partial charge in [-0.2, -0.15) is 11.8 Å². The van der Waals surface area contributed by atoms with E-state index in [9.17, 15) is 9.59 Å². The molecule has 0 spiro atoms. The van der Waals surface area contributed by atoms with Gasteiger partial charge >= 0.3 is 0 Å². The van der Waals surface area contributed by atoms with Gasteiger partial charge in [-0.1, -0.05) is 29.8 Å². The first-order valence-electron chi connectivity index (χ1n) is 8.26. The van der Waals surface area contributed by atoms with Crippen molar-refractivity contribution < 1.29 is 9.59 Å². The number of aryl methyl sites for hydroxylation is 1. The van der Waals surface area contributed by atoms with E-state index < -0.39 is 0 Å². The first kappa shape index (κ1) is 16.4. The molecule has 2 fully saturated rings. The summed E-state index contributed by atoms with van der Waals surface area (Å²) in [7, 11) is 1.83. The standard InChI is InChI=1S/C18H24N2O2S/c1-13-3-5-14(6-4-13)17-15(7-8-16(21)19(17)2)18(22)20-9-11-23-12-10-20/h3-6,15,17H,7-12H2,1-2H3/t15-,17-/m0/s1. The molecule has 0 N–H and O–H groups in total. The van der Waals surface area contributed by atoms with Gasteiger partial charge < -0.3 is 9.80 Å². The van der Waals surface area contributed by atoms with E-state index in [1.165, 1.54) is 5.56 Å². The van der Waals surface area contributed by atoms with Crippen molar-refractivity contribution in [2.75, 3.05) is 31.6 Å². The predicted octanol–water partition coefficient (Wildman–Crippen LogP) is 2.48. The normalized spacial score (nSPS) is 25.6. The lowest BCUT2D eigenvalue weighted by Crippen LogP contribution is -2.49. The SMILES string of the molecule is Cc1ccc([C@H]2[C@@H](C(=O)N3CCSCC3)CCC(=O)N2C)cc1. The Kier molecular flexibility index (Phi) is 4.95. The summed E-state index contributed by atoms with van der Waals surface area (Å²) in [5, 5.41) is 0. The largest absolute Gasteiger partial charge is 0.341 e. The Balaban J connectivity index is 1.87. The van der Waals surface area contributed by atoms with Gasteiger partial charge in [0.05, 0.1) is 12.0 Å². The van der Waals surface area contributed by atoms with Gasteiger partial charge in [-0.25, -0.2) is 0 Å². The van der Waals surface area contributed by atoms with Crippen molar-refractivity contribution in [1.82, 2.24) is 9.80 Å². The number of amides is 2. The number of piperidine rings is 1. The highest BCUT2D eigenvalue weighted by Gasteiger charge is 2.40. The van der Waals surface area contributed by atoms with Crippen molar-refractivity contribution in [3.63, 3.8) is 0 Å². The van der Waals surface area contributed by atoms with E-state index in [0.717, 1.165) is 30.2 Å². The zero-order valence-corrected chi connectivity index (χ0v) is 14.6. The number of thioether (sulfide) groups is 1. The summed E-state index contributed by atoms with van der Waals surface area (Å²) in [6, 6.07) is 8.09. The van der Waals surface area contributed by atoms with Gasteiger partial charge in [-0.15, -0.1) is 0 Å². The lowest BCUT2D eigenvalue weighted by atomic mass is 9.83. The highest BCUT2D eigenvalue weighted by molar-refractivity contribution is 7.99. The minimum absolute atomic E-state index is 0.122. The van der Waals surface area contributed by atoms with E-state index >= 15 is 0 Å². The van der Waals surface area contributed by atoms with Crippen molar-refractivity contribution in [2.45, 2.75) is 25.8 Å². The third-order valence-electron chi connectivity index (χ3n) is 4.92. The Bertz CT molecular complexity index is 581. The monoisotopic (exact) mass is 332 g/mol. The van der Waals surface area contributed by atoms with Gasteiger partial charge in [0, 0.05) is 38.1 Å². The molecule has 0 aromatic heterocycles. The van der Waals surface area contributed by atoms with Crippen LogP contribution in [0, 0.1) is 12.8 Å². The molecule has 2 atom stereocenters. The van der Waals surface area contributed by atoms with Crippen molar-refractivity contribution in [2.24, 2.45) is 5.92 Å². The van der Waals surface area contributed by atoms with Crippen LogP contribution in [0.2, 0.25) is 0 Å². The van der Waals surface area contributed by atoms with Crippen LogP contribution in [0.5, 0.6) is 0 Å². The molecule has 2 amide bonds. The molecule has 2 aliphatic heterocycles. The minimum Gasteiger partial charge on any atom is -0.341 e. The minimum atomic E-state index is -0.140. The van der Waals surface area contributed by atoms with Gasteiger partial charge in [0.25, 0.3) is 0 Å². The van der Waals surface area contributed by atoms with E-state index in [1.807, 2.05) is 30.6 Å². The van der Waals surface area contributed by atoms with Crippen LogP contribution in [-0.4, -0.2) is 53.3 Å². The summed E-state index contributed by atoms with van der Waals surface area (Å²) >= 11 is 1.90. The molecule has 5 heteroatoms. The fourth-order valence-corrected chi connectivity index (χ4v) is 4.44. The molecule has 0 saturated carbocycles. The van der Waals surface area contributed by atoms with Crippen LogP contribution in [0.4, 0.5) is 0 Å². The van der Waals surface area contributed by atoms with E-state index in [4.69, 9.17) is 0 Å². The predicted molar refractivity (Wildman–Crippen MR) is 93.3 cm³/mol. The fraction of sp³-hybridized carbons (Fsp3) is 0.556. The fourth-order valence-electron chi connectivity index (χ4n) is 3.53. The van der Waals surface area contributed by atoms with E-state index in [2.05, 4.69) is 24.3 Å². The van der Waals surface area contributed by atoms with E-state index in [1.54, 1.807) is 4.90 Å². The molecule has 124 valence electrons. The Hall–Kier alpha value is -1.49. The zero-order valence-electron chi connectivity index (χ0n) is 13.8.